The number of hydrogen-bond donors (Lipinski definition) is 2. The van der Waals surface area contributed by atoms with E-state index in [2.05, 4.69) is 27.2 Å². The summed E-state index contributed by atoms with van der Waals surface area (Å²) in [4.78, 5) is 20.2. The number of amides is 1. The highest BCUT2D eigenvalue weighted by atomic mass is 16.1. The summed E-state index contributed by atoms with van der Waals surface area (Å²) in [5.74, 6) is 0.149. The van der Waals surface area contributed by atoms with E-state index in [0.717, 1.165) is 16.8 Å². The summed E-state index contributed by atoms with van der Waals surface area (Å²) in [7, 11) is 0. The molecule has 1 aromatic carbocycles. The third-order valence-corrected chi connectivity index (χ3v) is 2.93. The van der Waals surface area contributed by atoms with Gasteiger partial charge in [-0.15, -0.1) is 6.58 Å². The van der Waals surface area contributed by atoms with Crippen LogP contribution in [0.5, 0.6) is 0 Å². The number of aromatic nitrogens is 2. The first-order chi connectivity index (χ1) is 10.1. The fraction of sp³-hybridized carbons (Fsp3) is 0.188. The van der Waals surface area contributed by atoms with Crippen LogP contribution in [0, 0.1) is 13.8 Å². The topological polar surface area (TPSA) is 66.9 Å². The van der Waals surface area contributed by atoms with Gasteiger partial charge in [-0.3, -0.25) is 4.79 Å². The van der Waals surface area contributed by atoms with Crippen LogP contribution in [0.1, 0.15) is 21.6 Å². The number of nitrogens with zero attached hydrogens (tertiary/aromatic N) is 2. The van der Waals surface area contributed by atoms with E-state index in [1.807, 2.05) is 32.0 Å². The Balaban J connectivity index is 2.19. The predicted octanol–water partition coefficient (Wildman–Crippen LogP) is 2.75. The van der Waals surface area contributed by atoms with Gasteiger partial charge in [-0.25, -0.2) is 9.97 Å². The molecule has 0 aliphatic carbocycles. The number of nitrogens with one attached hydrogen (secondary N) is 2. The van der Waals surface area contributed by atoms with E-state index in [1.54, 1.807) is 18.3 Å². The Labute approximate surface area is 124 Å². The summed E-state index contributed by atoms with van der Waals surface area (Å²) < 4.78 is 0. The standard InChI is InChI=1S/C16H18N4O/c1-4-8-17-15(21)13-7-9-18-16(19-13)20-14-10-11(2)5-6-12(14)3/h4-7,9-10H,1,8H2,2-3H3,(H,17,21)(H,18,19,20). The quantitative estimate of drug-likeness (QED) is 0.827. The molecule has 108 valence electrons. The number of aryl methyl sites for hydroxylation is 2. The summed E-state index contributed by atoms with van der Waals surface area (Å²) >= 11 is 0. The van der Waals surface area contributed by atoms with E-state index in [9.17, 15) is 4.79 Å². The summed E-state index contributed by atoms with van der Waals surface area (Å²) in [5.41, 5.74) is 3.48. The van der Waals surface area contributed by atoms with Gasteiger partial charge in [-0.2, -0.15) is 0 Å². The second kappa shape index (κ2) is 6.65. The fourth-order valence-corrected chi connectivity index (χ4v) is 1.79. The van der Waals surface area contributed by atoms with Gasteiger partial charge in [0.25, 0.3) is 5.91 Å². The van der Waals surface area contributed by atoms with Crippen LogP contribution < -0.4 is 10.6 Å². The Kier molecular flexibility index (Phi) is 4.66. The number of rotatable bonds is 5. The van der Waals surface area contributed by atoms with Crippen LogP contribution in [0.2, 0.25) is 0 Å². The van der Waals surface area contributed by atoms with Crippen LogP contribution >= 0.6 is 0 Å². The first-order valence-electron chi connectivity index (χ1n) is 6.66. The number of hydrogen-bond acceptors (Lipinski definition) is 4. The van der Waals surface area contributed by atoms with Crippen molar-refractivity contribution < 1.29 is 4.79 Å². The monoisotopic (exact) mass is 282 g/mol. The first kappa shape index (κ1) is 14.7. The molecule has 0 bridgehead atoms. The molecule has 0 saturated heterocycles. The molecule has 1 heterocycles. The first-order valence-corrected chi connectivity index (χ1v) is 6.66. The predicted molar refractivity (Wildman–Crippen MR) is 83.8 cm³/mol. The number of carbonyl (C=O) groups excluding carboxylic acids is 1. The van der Waals surface area contributed by atoms with Crippen molar-refractivity contribution in [2.75, 3.05) is 11.9 Å². The van der Waals surface area contributed by atoms with Crippen molar-refractivity contribution in [1.82, 2.24) is 15.3 Å². The molecule has 2 rings (SSSR count). The number of benzene rings is 1. The normalized spacial score (nSPS) is 10.0. The molecule has 0 unspecified atom stereocenters. The maximum atomic E-state index is 11.9. The Morgan fingerprint density at radius 3 is 2.90 bits per heavy atom. The molecule has 0 fully saturated rings. The molecule has 1 aromatic heterocycles. The molecular formula is C16H18N4O. The van der Waals surface area contributed by atoms with E-state index < -0.39 is 0 Å². The third kappa shape index (κ3) is 3.89. The number of anilines is 2. The van der Waals surface area contributed by atoms with Crippen molar-refractivity contribution in [3.8, 4) is 0 Å². The van der Waals surface area contributed by atoms with Crippen molar-refractivity contribution in [3.05, 3.63) is 59.9 Å². The van der Waals surface area contributed by atoms with Crippen LogP contribution in [0.4, 0.5) is 11.6 Å². The lowest BCUT2D eigenvalue weighted by molar-refractivity contribution is 0.0953. The van der Waals surface area contributed by atoms with Gasteiger partial charge in [0.15, 0.2) is 0 Å². The molecule has 0 atom stereocenters. The highest BCUT2D eigenvalue weighted by molar-refractivity contribution is 5.92. The van der Waals surface area contributed by atoms with Gasteiger partial charge in [-0.1, -0.05) is 18.2 Å². The van der Waals surface area contributed by atoms with Gasteiger partial charge in [0, 0.05) is 18.4 Å². The smallest absolute Gasteiger partial charge is 0.270 e. The highest BCUT2D eigenvalue weighted by Crippen LogP contribution is 2.19. The van der Waals surface area contributed by atoms with Gasteiger partial charge in [0.05, 0.1) is 0 Å². The van der Waals surface area contributed by atoms with Crippen LogP contribution in [0.25, 0.3) is 0 Å². The minimum Gasteiger partial charge on any atom is -0.347 e. The zero-order valence-corrected chi connectivity index (χ0v) is 12.2. The number of carbonyl (C=O) groups is 1. The minimum atomic E-state index is -0.249. The molecule has 5 heteroatoms. The maximum Gasteiger partial charge on any atom is 0.270 e. The summed E-state index contributed by atoms with van der Waals surface area (Å²) in [6.45, 7) is 7.98. The molecule has 0 aliphatic heterocycles. The third-order valence-electron chi connectivity index (χ3n) is 2.93. The maximum absolute atomic E-state index is 11.9. The Morgan fingerprint density at radius 1 is 1.33 bits per heavy atom. The second-order valence-corrected chi connectivity index (χ2v) is 4.71. The lowest BCUT2D eigenvalue weighted by atomic mass is 10.1. The zero-order valence-electron chi connectivity index (χ0n) is 12.2. The summed E-state index contributed by atoms with van der Waals surface area (Å²) in [6, 6.07) is 7.66. The van der Waals surface area contributed by atoms with Gasteiger partial charge >= 0.3 is 0 Å². The van der Waals surface area contributed by atoms with Gasteiger partial charge < -0.3 is 10.6 Å². The summed E-state index contributed by atoms with van der Waals surface area (Å²) in [6.07, 6.45) is 3.18. The Morgan fingerprint density at radius 2 is 2.14 bits per heavy atom. The molecule has 1 amide bonds. The minimum absolute atomic E-state index is 0.249. The van der Waals surface area contributed by atoms with Gasteiger partial charge in [0.1, 0.15) is 5.69 Å². The van der Waals surface area contributed by atoms with Crippen LogP contribution in [-0.4, -0.2) is 22.4 Å². The molecule has 21 heavy (non-hydrogen) atoms. The molecule has 2 aromatic rings. The van der Waals surface area contributed by atoms with Crippen molar-refractivity contribution in [2.45, 2.75) is 13.8 Å². The van der Waals surface area contributed by atoms with E-state index in [1.165, 1.54) is 0 Å². The van der Waals surface area contributed by atoms with Crippen molar-refractivity contribution in [3.63, 3.8) is 0 Å². The molecule has 0 saturated carbocycles. The molecule has 5 nitrogen and oxygen atoms in total. The molecule has 0 radical (unpaired) electrons. The van der Waals surface area contributed by atoms with E-state index in [0.29, 0.717) is 18.2 Å². The SMILES string of the molecule is C=CCNC(=O)c1ccnc(Nc2cc(C)ccc2C)n1. The van der Waals surface area contributed by atoms with Crippen molar-refractivity contribution >= 4 is 17.5 Å². The van der Waals surface area contributed by atoms with Crippen LogP contribution in [0.15, 0.2) is 43.1 Å². The largest absolute Gasteiger partial charge is 0.347 e. The van der Waals surface area contributed by atoms with Gasteiger partial charge in [-0.05, 0) is 37.1 Å². The average Bonchev–Trinajstić information content (AvgIpc) is 2.49. The van der Waals surface area contributed by atoms with Crippen molar-refractivity contribution in [1.29, 1.82) is 0 Å². The van der Waals surface area contributed by atoms with E-state index in [4.69, 9.17) is 0 Å². The second-order valence-electron chi connectivity index (χ2n) is 4.71. The fourth-order valence-electron chi connectivity index (χ4n) is 1.79. The van der Waals surface area contributed by atoms with Crippen molar-refractivity contribution in [2.24, 2.45) is 0 Å². The van der Waals surface area contributed by atoms with Crippen LogP contribution in [-0.2, 0) is 0 Å². The lowest BCUT2D eigenvalue weighted by Gasteiger charge is -2.09. The highest BCUT2D eigenvalue weighted by Gasteiger charge is 2.08. The summed E-state index contributed by atoms with van der Waals surface area (Å²) in [5, 5.41) is 5.83. The Hall–Kier alpha value is -2.69. The molecule has 2 N–H and O–H groups in total. The molecular weight excluding hydrogens is 264 g/mol. The van der Waals surface area contributed by atoms with Gasteiger partial charge in [0.2, 0.25) is 5.95 Å². The Bertz CT molecular complexity index is 667. The van der Waals surface area contributed by atoms with Crippen LogP contribution in [0.3, 0.4) is 0 Å². The molecule has 0 aliphatic rings. The van der Waals surface area contributed by atoms with E-state index in [-0.39, 0.29) is 5.91 Å². The zero-order chi connectivity index (χ0) is 15.2. The average molecular weight is 282 g/mol. The van der Waals surface area contributed by atoms with E-state index >= 15 is 0 Å². The lowest BCUT2D eigenvalue weighted by Crippen LogP contribution is -2.24. The molecule has 0 spiro atoms.